The second-order valence-corrected chi connectivity index (χ2v) is 3.82. The highest BCUT2D eigenvalue weighted by atomic mass is 32.2. The lowest BCUT2D eigenvalue weighted by Gasteiger charge is -2.01. The standard InChI is InChI=1S/C6H13NO2S2/c1-2-10-3-7-4-11-6-9-5-8/h5,7H,2-4,6H2,1H3. The first-order chi connectivity index (χ1) is 5.41. The van der Waals surface area contributed by atoms with E-state index in [4.69, 9.17) is 0 Å². The van der Waals surface area contributed by atoms with E-state index in [1.54, 1.807) is 11.8 Å². The summed E-state index contributed by atoms with van der Waals surface area (Å²) in [5, 5.41) is 3.18. The van der Waals surface area contributed by atoms with Gasteiger partial charge in [-0.2, -0.15) is 0 Å². The molecule has 0 atom stereocenters. The van der Waals surface area contributed by atoms with Crippen LogP contribution < -0.4 is 5.32 Å². The van der Waals surface area contributed by atoms with E-state index in [2.05, 4.69) is 17.0 Å². The quantitative estimate of drug-likeness (QED) is 0.357. The largest absolute Gasteiger partial charge is 0.457 e. The predicted octanol–water partition coefficient (Wildman–Crippen LogP) is 1.11. The molecule has 11 heavy (non-hydrogen) atoms. The Hall–Kier alpha value is 0.130. The van der Waals surface area contributed by atoms with Crippen LogP contribution in [0, 0.1) is 0 Å². The van der Waals surface area contributed by atoms with Crippen LogP contribution in [0.5, 0.6) is 0 Å². The van der Waals surface area contributed by atoms with E-state index >= 15 is 0 Å². The molecule has 0 heterocycles. The molecule has 0 spiro atoms. The molecule has 0 unspecified atom stereocenters. The van der Waals surface area contributed by atoms with Crippen LogP contribution in [0.15, 0.2) is 0 Å². The molecule has 0 amide bonds. The van der Waals surface area contributed by atoms with Crippen molar-refractivity contribution in [3.05, 3.63) is 0 Å². The normalized spacial score (nSPS) is 9.55. The number of ether oxygens (including phenoxy) is 1. The first-order valence-electron chi connectivity index (χ1n) is 3.33. The summed E-state index contributed by atoms with van der Waals surface area (Å²) in [7, 11) is 0. The molecule has 0 bridgehead atoms. The molecule has 1 N–H and O–H groups in total. The lowest BCUT2D eigenvalue weighted by molar-refractivity contribution is -0.126. The maximum Gasteiger partial charge on any atom is 0.293 e. The van der Waals surface area contributed by atoms with Crippen molar-refractivity contribution in [1.82, 2.24) is 5.32 Å². The molecule has 66 valence electrons. The molecule has 5 heteroatoms. The zero-order chi connectivity index (χ0) is 8.36. The number of nitrogens with one attached hydrogen (secondary N) is 1. The van der Waals surface area contributed by atoms with Gasteiger partial charge in [0, 0.05) is 11.8 Å². The second-order valence-electron chi connectivity index (χ2n) is 1.62. The first kappa shape index (κ1) is 11.1. The lowest BCUT2D eigenvalue weighted by atomic mass is 11.0. The number of thioether (sulfide) groups is 2. The third kappa shape index (κ3) is 10.1. The monoisotopic (exact) mass is 195 g/mol. The highest BCUT2D eigenvalue weighted by Crippen LogP contribution is 1.98. The Morgan fingerprint density at radius 2 is 2.18 bits per heavy atom. The minimum Gasteiger partial charge on any atom is -0.457 e. The van der Waals surface area contributed by atoms with Gasteiger partial charge in [-0.25, -0.2) is 0 Å². The van der Waals surface area contributed by atoms with Crippen molar-refractivity contribution in [2.24, 2.45) is 0 Å². The number of carbonyl (C=O) groups is 1. The van der Waals surface area contributed by atoms with Crippen LogP contribution in [0.3, 0.4) is 0 Å². The molecular formula is C6H13NO2S2. The van der Waals surface area contributed by atoms with Crippen molar-refractivity contribution >= 4 is 30.0 Å². The highest BCUT2D eigenvalue weighted by Gasteiger charge is 1.86. The van der Waals surface area contributed by atoms with Gasteiger partial charge < -0.3 is 4.74 Å². The highest BCUT2D eigenvalue weighted by molar-refractivity contribution is 7.99. The average molecular weight is 195 g/mol. The molecular weight excluding hydrogens is 182 g/mol. The molecule has 0 rings (SSSR count). The minimum atomic E-state index is 0.438. The first-order valence-corrected chi connectivity index (χ1v) is 5.64. The van der Waals surface area contributed by atoms with Gasteiger partial charge >= 0.3 is 0 Å². The summed E-state index contributed by atoms with van der Waals surface area (Å²) in [5.74, 6) is 3.36. The van der Waals surface area contributed by atoms with Crippen LogP contribution in [0.1, 0.15) is 6.92 Å². The molecule has 0 aromatic rings. The van der Waals surface area contributed by atoms with Crippen LogP contribution >= 0.6 is 23.5 Å². The Balaban J connectivity index is 2.74. The molecule has 0 aliphatic heterocycles. The van der Waals surface area contributed by atoms with Gasteiger partial charge in [0.15, 0.2) is 0 Å². The van der Waals surface area contributed by atoms with E-state index in [-0.39, 0.29) is 0 Å². The van der Waals surface area contributed by atoms with Crippen molar-refractivity contribution in [3.8, 4) is 0 Å². The number of rotatable bonds is 8. The Kier molecular flexibility index (Phi) is 10.2. The molecule has 3 nitrogen and oxygen atoms in total. The second kappa shape index (κ2) is 10.1. The van der Waals surface area contributed by atoms with Gasteiger partial charge in [-0.15, -0.1) is 23.5 Å². The molecule has 0 saturated heterocycles. The van der Waals surface area contributed by atoms with Crippen molar-refractivity contribution in [2.75, 3.05) is 23.4 Å². The van der Waals surface area contributed by atoms with Crippen LogP contribution in [0.2, 0.25) is 0 Å². The summed E-state index contributed by atoms with van der Waals surface area (Å²) in [6.45, 7) is 2.59. The predicted molar refractivity (Wildman–Crippen MR) is 50.6 cm³/mol. The summed E-state index contributed by atoms with van der Waals surface area (Å²) in [5.41, 5.74) is 0. The summed E-state index contributed by atoms with van der Waals surface area (Å²) in [4.78, 5) is 9.68. The minimum absolute atomic E-state index is 0.438. The van der Waals surface area contributed by atoms with Gasteiger partial charge in [-0.3, -0.25) is 10.1 Å². The fourth-order valence-electron chi connectivity index (χ4n) is 0.406. The van der Waals surface area contributed by atoms with Gasteiger partial charge in [-0.05, 0) is 5.75 Å². The Morgan fingerprint density at radius 3 is 2.82 bits per heavy atom. The summed E-state index contributed by atoms with van der Waals surface area (Å²) in [6, 6.07) is 0. The van der Waals surface area contributed by atoms with Crippen molar-refractivity contribution in [2.45, 2.75) is 6.92 Å². The Labute approximate surface area is 75.6 Å². The fraction of sp³-hybridized carbons (Fsp3) is 0.833. The van der Waals surface area contributed by atoms with Gasteiger partial charge in [0.25, 0.3) is 6.47 Å². The smallest absolute Gasteiger partial charge is 0.293 e. The molecule has 0 aliphatic rings. The van der Waals surface area contributed by atoms with Gasteiger partial charge in [0.05, 0.1) is 0 Å². The van der Waals surface area contributed by atoms with E-state index in [1.807, 2.05) is 11.8 Å². The van der Waals surface area contributed by atoms with Crippen LogP contribution in [-0.4, -0.2) is 29.9 Å². The SMILES string of the molecule is CCSCNCSCOC=O. The molecule has 0 aromatic carbocycles. The van der Waals surface area contributed by atoms with Crippen LogP contribution in [-0.2, 0) is 9.53 Å². The Bertz CT molecular complexity index is 92.7. The van der Waals surface area contributed by atoms with E-state index in [9.17, 15) is 4.79 Å². The fourth-order valence-corrected chi connectivity index (χ4v) is 1.47. The number of carbonyl (C=O) groups excluding carboxylic acids is 1. The molecule has 0 aromatic heterocycles. The lowest BCUT2D eigenvalue weighted by Crippen LogP contribution is -2.12. The zero-order valence-electron chi connectivity index (χ0n) is 6.54. The molecule has 0 fully saturated rings. The zero-order valence-corrected chi connectivity index (χ0v) is 8.17. The summed E-state index contributed by atoms with van der Waals surface area (Å²) >= 11 is 3.39. The third-order valence-electron chi connectivity index (χ3n) is 0.832. The summed E-state index contributed by atoms with van der Waals surface area (Å²) < 4.78 is 4.48. The van der Waals surface area contributed by atoms with E-state index in [1.165, 1.54) is 0 Å². The van der Waals surface area contributed by atoms with Gasteiger partial charge in [-0.1, -0.05) is 6.92 Å². The van der Waals surface area contributed by atoms with Crippen LogP contribution in [0.25, 0.3) is 0 Å². The maximum atomic E-state index is 9.68. The molecule has 0 saturated carbocycles. The van der Waals surface area contributed by atoms with Crippen molar-refractivity contribution < 1.29 is 9.53 Å². The molecule has 0 radical (unpaired) electrons. The number of hydrogen-bond donors (Lipinski definition) is 1. The number of hydrogen-bond acceptors (Lipinski definition) is 5. The van der Waals surface area contributed by atoms with Gasteiger partial charge in [0.2, 0.25) is 0 Å². The third-order valence-corrected chi connectivity index (χ3v) is 2.36. The van der Waals surface area contributed by atoms with E-state index < -0.39 is 0 Å². The van der Waals surface area contributed by atoms with Crippen LogP contribution in [0.4, 0.5) is 0 Å². The van der Waals surface area contributed by atoms with Crippen molar-refractivity contribution in [1.29, 1.82) is 0 Å². The Morgan fingerprint density at radius 1 is 1.45 bits per heavy atom. The average Bonchev–Trinajstić information content (AvgIpc) is 2.03. The maximum absolute atomic E-state index is 9.68. The topological polar surface area (TPSA) is 38.3 Å². The van der Waals surface area contributed by atoms with E-state index in [0.717, 1.165) is 17.5 Å². The van der Waals surface area contributed by atoms with E-state index in [0.29, 0.717) is 12.4 Å². The van der Waals surface area contributed by atoms with Gasteiger partial charge in [0.1, 0.15) is 5.94 Å². The molecule has 0 aliphatic carbocycles. The van der Waals surface area contributed by atoms with Crippen molar-refractivity contribution in [3.63, 3.8) is 0 Å². The summed E-state index contributed by atoms with van der Waals surface area (Å²) in [6.07, 6.45) is 0.